The molecule has 2 rings (SSSR count). The van der Waals surface area contributed by atoms with Crippen LogP contribution < -0.4 is 10.1 Å². The van der Waals surface area contributed by atoms with Crippen molar-refractivity contribution < 1.29 is 19.2 Å². The summed E-state index contributed by atoms with van der Waals surface area (Å²) in [6, 6.07) is 5.08. The molecule has 1 aliphatic heterocycles. The van der Waals surface area contributed by atoms with Gasteiger partial charge in [0, 0.05) is 4.92 Å². The Balaban J connectivity index is 2.13. The smallest absolute Gasteiger partial charge is 0.368 e. The Bertz CT molecular complexity index is 724. The van der Waals surface area contributed by atoms with Gasteiger partial charge in [0.15, 0.2) is 0 Å². The predicted octanol–water partition coefficient (Wildman–Crippen LogP) is 0.965. The monoisotopic (exact) mass is 315 g/mol. The average molecular weight is 315 g/mol. The van der Waals surface area contributed by atoms with Gasteiger partial charge in [-0.25, -0.2) is 0 Å². The van der Waals surface area contributed by atoms with Crippen molar-refractivity contribution in [1.82, 2.24) is 5.32 Å². The molecule has 1 aromatic rings. The van der Waals surface area contributed by atoms with Gasteiger partial charge in [0.05, 0.1) is 0 Å². The first-order valence-electron chi connectivity index (χ1n) is 6.60. The lowest BCUT2D eigenvalue weighted by Crippen LogP contribution is -2.50. The number of carbonyl (C=O) groups excluding carboxylic acids is 2. The van der Waals surface area contributed by atoms with E-state index in [0.29, 0.717) is 12.4 Å². The van der Waals surface area contributed by atoms with Crippen LogP contribution in [0.3, 0.4) is 0 Å². The molecule has 1 aromatic carbocycles. The summed E-state index contributed by atoms with van der Waals surface area (Å²) < 4.78 is 5.38. The summed E-state index contributed by atoms with van der Waals surface area (Å²) >= 11 is 0. The molecule has 1 atom stereocenters. The zero-order valence-corrected chi connectivity index (χ0v) is 12.0. The highest BCUT2D eigenvalue weighted by molar-refractivity contribution is 6.21. The van der Waals surface area contributed by atoms with Crippen molar-refractivity contribution in [1.29, 1.82) is 0 Å². The number of hydrogen-bond acceptors (Lipinski definition) is 5. The molecule has 0 spiro atoms. The van der Waals surface area contributed by atoms with Crippen LogP contribution in [0.4, 0.5) is 0 Å². The second kappa shape index (κ2) is 7.12. The Labute approximate surface area is 131 Å². The zero-order valence-electron chi connectivity index (χ0n) is 12.0. The Morgan fingerprint density at radius 1 is 1.39 bits per heavy atom. The van der Waals surface area contributed by atoms with Gasteiger partial charge in [-0.15, -0.1) is 0 Å². The summed E-state index contributed by atoms with van der Waals surface area (Å²) in [5.41, 5.74) is 0.743. The van der Waals surface area contributed by atoms with E-state index in [0.717, 1.165) is 5.56 Å². The molecule has 8 heteroatoms. The standard InChI is InChI=1S/C15H13N3O5/c1-2-8-23-11-5-3-4-10(9-11)6-7-12-16-14(19)13(18(21)22)15(20)17-12/h2-7,9,13H,1,8H2,(H,16,17,19,20)/b7-6+. The lowest BCUT2D eigenvalue weighted by molar-refractivity contribution is -0.493. The molecule has 0 saturated carbocycles. The van der Waals surface area contributed by atoms with Crippen molar-refractivity contribution >= 4 is 23.7 Å². The second-order valence-corrected chi connectivity index (χ2v) is 4.52. The number of hydrogen-bond donors (Lipinski definition) is 1. The van der Waals surface area contributed by atoms with Gasteiger partial charge >= 0.3 is 17.9 Å². The van der Waals surface area contributed by atoms with Gasteiger partial charge in [-0.2, -0.15) is 4.99 Å². The fourth-order valence-electron chi connectivity index (χ4n) is 1.82. The van der Waals surface area contributed by atoms with E-state index in [-0.39, 0.29) is 5.84 Å². The fourth-order valence-corrected chi connectivity index (χ4v) is 1.82. The van der Waals surface area contributed by atoms with Crippen LogP contribution in [0, 0.1) is 10.1 Å². The topological polar surface area (TPSA) is 111 Å². The summed E-state index contributed by atoms with van der Waals surface area (Å²) in [5.74, 6) is -1.51. The van der Waals surface area contributed by atoms with Crippen molar-refractivity contribution in [3.05, 3.63) is 58.7 Å². The van der Waals surface area contributed by atoms with E-state index in [1.165, 1.54) is 6.08 Å². The van der Waals surface area contributed by atoms with Crippen LogP contribution in [0.1, 0.15) is 5.56 Å². The Hall–Kier alpha value is -3.29. The molecule has 0 aliphatic carbocycles. The van der Waals surface area contributed by atoms with Crippen molar-refractivity contribution in [2.75, 3.05) is 6.61 Å². The maximum absolute atomic E-state index is 11.5. The van der Waals surface area contributed by atoms with Gasteiger partial charge in [-0.3, -0.25) is 19.7 Å². The first-order chi connectivity index (χ1) is 11.0. The number of rotatable bonds is 6. The number of nitrogens with zero attached hydrogens (tertiary/aromatic N) is 2. The molecule has 1 aliphatic rings. The lowest BCUT2D eigenvalue weighted by Gasteiger charge is -2.12. The van der Waals surface area contributed by atoms with Crippen LogP contribution in [0.25, 0.3) is 6.08 Å². The lowest BCUT2D eigenvalue weighted by atomic mass is 10.2. The molecule has 0 aromatic heterocycles. The van der Waals surface area contributed by atoms with Gasteiger partial charge < -0.3 is 10.1 Å². The summed E-state index contributed by atoms with van der Waals surface area (Å²) in [6.07, 6.45) is 4.60. The van der Waals surface area contributed by atoms with Gasteiger partial charge in [-0.05, 0) is 23.8 Å². The normalized spacial score (nSPS) is 17.6. The SMILES string of the molecule is C=CCOc1cccc(/C=C/C2=NC(=O)C([N+](=O)[O-])C(=O)N2)c1. The molecule has 0 radical (unpaired) electrons. The van der Waals surface area contributed by atoms with Crippen molar-refractivity contribution in [3.8, 4) is 5.75 Å². The van der Waals surface area contributed by atoms with E-state index in [2.05, 4.69) is 16.9 Å². The van der Waals surface area contributed by atoms with E-state index >= 15 is 0 Å². The molecule has 0 fully saturated rings. The van der Waals surface area contributed by atoms with E-state index in [9.17, 15) is 19.7 Å². The summed E-state index contributed by atoms with van der Waals surface area (Å²) in [6.45, 7) is 3.92. The number of carbonyl (C=O) groups is 2. The van der Waals surface area contributed by atoms with Crippen LogP contribution in [0.15, 0.2) is 48.0 Å². The fraction of sp³-hybridized carbons (Fsp3) is 0.133. The van der Waals surface area contributed by atoms with Gasteiger partial charge in [0.1, 0.15) is 18.2 Å². The molecular weight excluding hydrogens is 302 g/mol. The van der Waals surface area contributed by atoms with Gasteiger partial charge in [0.25, 0.3) is 0 Å². The van der Waals surface area contributed by atoms with Crippen LogP contribution in [-0.2, 0) is 9.59 Å². The summed E-state index contributed by atoms with van der Waals surface area (Å²) in [4.78, 5) is 36.1. The molecule has 118 valence electrons. The van der Waals surface area contributed by atoms with E-state index < -0.39 is 22.8 Å². The molecule has 1 heterocycles. The number of ether oxygens (including phenoxy) is 1. The number of aliphatic imine (C=N–C) groups is 1. The Kier molecular flexibility index (Phi) is 4.98. The molecule has 1 N–H and O–H groups in total. The minimum atomic E-state index is -1.98. The Morgan fingerprint density at radius 2 is 2.17 bits per heavy atom. The quantitative estimate of drug-likeness (QED) is 0.364. The maximum atomic E-state index is 11.5. The summed E-state index contributed by atoms with van der Waals surface area (Å²) in [7, 11) is 0. The zero-order chi connectivity index (χ0) is 16.8. The van der Waals surface area contributed by atoms with Crippen LogP contribution in [-0.4, -0.2) is 35.2 Å². The molecule has 8 nitrogen and oxygen atoms in total. The molecule has 0 bridgehead atoms. The van der Waals surface area contributed by atoms with Crippen molar-refractivity contribution in [3.63, 3.8) is 0 Å². The highest BCUT2D eigenvalue weighted by Crippen LogP contribution is 2.14. The van der Waals surface area contributed by atoms with Crippen LogP contribution in [0.5, 0.6) is 5.75 Å². The van der Waals surface area contributed by atoms with E-state index in [1.54, 1.807) is 36.4 Å². The number of amidine groups is 1. The molecule has 2 amide bonds. The molecular formula is C15H13N3O5. The molecule has 0 saturated heterocycles. The average Bonchev–Trinajstić information content (AvgIpc) is 2.50. The number of nitrogens with one attached hydrogen (secondary N) is 1. The highest BCUT2D eigenvalue weighted by atomic mass is 16.6. The first-order valence-corrected chi connectivity index (χ1v) is 6.60. The maximum Gasteiger partial charge on any atom is 0.368 e. The largest absolute Gasteiger partial charge is 0.490 e. The van der Waals surface area contributed by atoms with Crippen molar-refractivity contribution in [2.24, 2.45) is 4.99 Å². The third-order valence-corrected chi connectivity index (χ3v) is 2.83. The molecule has 1 unspecified atom stereocenters. The van der Waals surface area contributed by atoms with Gasteiger partial charge in [0.2, 0.25) is 0 Å². The second-order valence-electron chi connectivity index (χ2n) is 4.52. The number of nitro groups is 1. The molecule has 23 heavy (non-hydrogen) atoms. The number of amides is 2. The predicted molar refractivity (Wildman–Crippen MR) is 82.5 cm³/mol. The summed E-state index contributed by atoms with van der Waals surface area (Å²) in [5, 5.41) is 12.8. The minimum Gasteiger partial charge on any atom is -0.490 e. The van der Waals surface area contributed by atoms with Crippen LogP contribution >= 0.6 is 0 Å². The third kappa shape index (κ3) is 4.10. The van der Waals surface area contributed by atoms with Gasteiger partial charge in [-0.1, -0.05) is 30.9 Å². The van der Waals surface area contributed by atoms with E-state index in [4.69, 9.17) is 4.74 Å². The Morgan fingerprint density at radius 3 is 2.83 bits per heavy atom. The highest BCUT2D eigenvalue weighted by Gasteiger charge is 2.41. The minimum absolute atomic E-state index is 0.0458. The third-order valence-electron chi connectivity index (χ3n) is 2.83. The van der Waals surface area contributed by atoms with Crippen LogP contribution in [0.2, 0.25) is 0 Å². The number of benzene rings is 1. The first kappa shape index (κ1) is 16.1. The van der Waals surface area contributed by atoms with E-state index in [1.807, 2.05) is 0 Å². The van der Waals surface area contributed by atoms with Crippen molar-refractivity contribution in [2.45, 2.75) is 6.04 Å².